The van der Waals surface area contributed by atoms with Gasteiger partial charge in [0.2, 0.25) is 5.76 Å². The Morgan fingerprint density at radius 3 is 2.79 bits per heavy atom. The minimum Gasteiger partial charge on any atom is -0.461 e. The molecule has 0 bridgehead atoms. The lowest BCUT2D eigenvalue weighted by Crippen LogP contribution is -2.36. The average molecular weight is 263 g/mol. The molecule has 0 fully saturated rings. The van der Waals surface area contributed by atoms with Crippen LogP contribution in [0.1, 0.15) is 19.5 Å². The lowest BCUT2D eigenvalue weighted by molar-refractivity contribution is 0.205. The van der Waals surface area contributed by atoms with Gasteiger partial charge in [-0.1, -0.05) is 19.0 Å². The van der Waals surface area contributed by atoms with Gasteiger partial charge in [-0.3, -0.25) is 4.90 Å². The second-order valence-electron chi connectivity index (χ2n) is 5.70. The van der Waals surface area contributed by atoms with Crippen molar-refractivity contribution >= 4 is 0 Å². The summed E-state index contributed by atoms with van der Waals surface area (Å²) in [6.45, 7) is 6.61. The molecule has 5 heteroatoms. The van der Waals surface area contributed by atoms with E-state index in [1.54, 1.807) is 6.26 Å². The standard InChI is InChI=1S/C14H21N3O2/c1-14(2,9-15)10-17(3)8-11-7-13(19-16-11)12-5-4-6-18-12/h4-7H,8-10,15H2,1-3H3. The first-order valence-electron chi connectivity index (χ1n) is 6.38. The highest BCUT2D eigenvalue weighted by molar-refractivity contribution is 5.49. The van der Waals surface area contributed by atoms with Gasteiger partial charge in [0.1, 0.15) is 0 Å². The highest BCUT2D eigenvalue weighted by atomic mass is 16.5. The van der Waals surface area contributed by atoms with Crippen LogP contribution in [0, 0.1) is 5.41 Å². The first kappa shape index (κ1) is 13.8. The van der Waals surface area contributed by atoms with Gasteiger partial charge < -0.3 is 14.7 Å². The Labute approximate surface area is 113 Å². The molecule has 2 aromatic heterocycles. The smallest absolute Gasteiger partial charge is 0.202 e. The molecule has 0 amide bonds. The van der Waals surface area contributed by atoms with Gasteiger partial charge in [0.15, 0.2) is 5.76 Å². The minimum absolute atomic E-state index is 0.0995. The molecular formula is C14H21N3O2. The third-order valence-corrected chi connectivity index (χ3v) is 3.01. The number of hydrogen-bond acceptors (Lipinski definition) is 5. The van der Waals surface area contributed by atoms with E-state index in [0.717, 1.165) is 18.8 Å². The molecule has 0 atom stereocenters. The molecule has 19 heavy (non-hydrogen) atoms. The zero-order valence-electron chi connectivity index (χ0n) is 11.7. The monoisotopic (exact) mass is 263 g/mol. The van der Waals surface area contributed by atoms with Crippen LogP contribution >= 0.6 is 0 Å². The van der Waals surface area contributed by atoms with E-state index in [2.05, 4.69) is 31.0 Å². The third kappa shape index (κ3) is 3.68. The topological polar surface area (TPSA) is 68.4 Å². The zero-order valence-corrected chi connectivity index (χ0v) is 11.7. The van der Waals surface area contributed by atoms with Crippen LogP contribution in [0.3, 0.4) is 0 Å². The highest BCUT2D eigenvalue weighted by Crippen LogP contribution is 2.21. The number of nitrogens with two attached hydrogens (primary N) is 1. The zero-order chi connectivity index (χ0) is 13.9. The van der Waals surface area contributed by atoms with Crippen molar-refractivity contribution in [2.24, 2.45) is 11.1 Å². The molecule has 0 aliphatic heterocycles. The molecule has 2 heterocycles. The quantitative estimate of drug-likeness (QED) is 0.866. The summed E-state index contributed by atoms with van der Waals surface area (Å²) in [5.74, 6) is 1.36. The molecule has 2 aromatic rings. The first-order chi connectivity index (χ1) is 9.00. The molecule has 0 aliphatic rings. The summed E-state index contributed by atoms with van der Waals surface area (Å²) >= 11 is 0. The predicted octanol–water partition coefficient (Wildman–Crippen LogP) is 2.35. The van der Waals surface area contributed by atoms with Gasteiger partial charge in [-0.2, -0.15) is 0 Å². The van der Waals surface area contributed by atoms with Crippen molar-refractivity contribution in [1.29, 1.82) is 0 Å². The van der Waals surface area contributed by atoms with E-state index in [1.165, 1.54) is 0 Å². The molecule has 0 aliphatic carbocycles. The van der Waals surface area contributed by atoms with Crippen molar-refractivity contribution in [3.05, 3.63) is 30.2 Å². The van der Waals surface area contributed by atoms with E-state index in [0.29, 0.717) is 18.1 Å². The summed E-state index contributed by atoms with van der Waals surface area (Å²) in [7, 11) is 2.05. The molecule has 2 rings (SSSR count). The Morgan fingerprint density at radius 1 is 1.37 bits per heavy atom. The number of aromatic nitrogens is 1. The average Bonchev–Trinajstić information content (AvgIpc) is 2.97. The van der Waals surface area contributed by atoms with E-state index in [-0.39, 0.29) is 5.41 Å². The highest BCUT2D eigenvalue weighted by Gasteiger charge is 2.19. The van der Waals surface area contributed by atoms with Gasteiger partial charge >= 0.3 is 0 Å². The molecule has 2 N–H and O–H groups in total. The summed E-state index contributed by atoms with van der Waals surface area (Å²) < 4.78 is 10.5. The first-order valence-corrected chi connectivity index (χ1v) is 6.38. The molecule has 0 saturated carbocycles. The largest absolute Gasteiger partial charge is 0.461 e. The van der Waals surface area contributed by atoms with Crippen LogP contribution in [0.5, 0.6) is 0 Å². The van der Waals surface area contributed by atoms with Gasteiger partial charge in [0, 0.05) is 19.2 Å². The molecule has 5 nitrogen and oxygen atoms in total. The molecule has 0 unspecified atom stereocenters. The molecule has 0 aromatic carbocycles. The van der Waals surface area contributed by atoms with Crippen LogP contribution < -0.4 is 5.73 Å². The van der Waals surface area contributed by atoms with Crippen molar-refractivity contribution in [3.8, 4) is 11.5 Å². The fourth-order valence-corrected chi connectivity index (χ4v) is 2.05. The molecule has 0 saturated heterocycles. The van der Waals surface area contributed by atoms with Crippen LogP contribution in [-0.2, 0) is 6.54 Å². The normalized spacial score (nSPS) is 12.3. The van der Waals surface area contributed by atoms with Crippen LogP contribution in [-0.4, -0.2) is 30.2 Å². The molecule has 104 valence electrons. The van der Waals surface area contributed by atoms with Crippen molar-refractivity contribution < 1.29 is 8.94 Å². The lowest BCUT2D eigenvalue weighted by Gasteiger charge is -2.28. The minimum atomic E-state index is 0.0995. The van der Waals surface area contributed by atoms with Crippen molar-refractivity contribution in [3.63, 3.8) is 0 Å². The fourth-order valence-electron chi connectivity index (χ4n) is 2.05. The van der Waals surface area contributed by atoms with E-state index in [1.807, 2.05) is 18.2 Å². The van der Waals surface area contributed by atoms with E-state index in [9.17, 15) is 0 Å². The summed E-state index contributed by atoms with van der Waals surface area (Å²) in [4.78, 5) is 2.19. The summed E-state index contributed by atoms with van der Waals surface area (Å²) in [5, 5.41) is 4.06. The van der Waals surface area contributed by atoms with Crippen molar-refractivity contribution in [2.45, 2.75) is 20.4 Å². The van der Waals surface area contributed by atoms with E-state index >= 15 is 0 Å². The summed E-state index contributed by atoms with van der Waals surface area (Å²) in [6, 6.07) is 5.59. The second kappa shape index (κ2) is 5.59. The third-order valence-electron chi connectivity index (χ3n) is 3.01. The lowest BCUT2D eigenvalue weighted by atomic mass is 9.93. The molecule has 0 spiro atoms. The molecule has 0 radical (unpaired) electrons. The summed E-state index contributed by atoms with van der Waals surface area (Å²) in [5.41, 5.74) is 6.73. The van der Waals surface area contributed by atoms with Crippen LogP contribution in [0.15, 0.2) is 33.4 Å². The Hall–Kier alpha value is -1.59. The Balaban J connectivity index is 1.97. The van der Waals surface area contributed by atoms with E-state index < -0.39 is 0 Å². The number of rotatable bonds is 6. The van der Waals surface area contributed by atoms with Gasteiger partial charge in [-0.05, 0) is 31.1 Å². The number of nitrogens with zero attached hydrogens (tertiary/aromatic N) is 2. The maximum absolute atomic E-state index is 5.74. The fraction of sp³-hybridized carbons (Fsp3) is 0.500. The van der Waals surface area contributed by atoms with Gasteiger partial charge in [-0.25, -0.2) is 0 Å². The maximum atomic E-state index is 5.74. The predicted molar refractivity (Wildman–Crippen MR) is 73.4 cm³/mol. The van der Waals surface area contributed by atoms with Crippen LogP contribution in [0.4, 0.5) is 0 Å². The Kier molecular flexibility index (Phi) is 4.07. The maximum Gasteiger partial charge on any atom is 0.202 e. The number of furan rings is 1. The van der Waals surface area contributed by atoms with Crippen LogP contribution in [0.25, 0.3) is 11.5 Å². The van der Waals surface area contributed by atoms with Crippen molar-refractivity contribution in [2.75, 3.05) is 20.1 Å². The summed E-state index contributed by atoms with van der Waals surface area (Å²) in [6.07, 6.45) is 1.62. The SMILES string of the molecule is CN(Cc1cc(-c2ccco2)on1)CC(C)(C)CN. The van der Waals surface area contributed by atoms with Gasteiger partial charge in [0.25, 0.3) is 0 Å². The second-order valence-corrected chi connectivity index (χ2v) is 5.70. The van der Waals surface area contributed by atoms with E-state index in [4.69, 9.17) is 14.7 Å². The Morgan fingerprint density at radius 2 is 2.16 bits per heavy atom. The van der Waals surface area contributed by atoms with Crippen LogP contribution in [0.2, 0.25) is 0 Å². The molecular weight excluding hydrogens is 242 g/mol. The van der Waals surface area contributed by atoms with Gasteiger partial charge in [-0.15, -0.1) is 0 Å². The van der Waals surface area contributed by atoms with Crippen molar-refractivity contribution in [1.82, 2.24) is 10.1 Å². The number of hydrogen-bond donors (Lipinski definition) is 1. The van der Waals surface area contributed by atoms with Gasteiger partial charge in [0.05, 0.1) is 12.0 Å². The Bertz CT molecular complexity index is 503.